The molecule has 7 nitrogen and oxygen atoms in total. The van der Waals surface area contributed by atoms with Crippen LogP contribution in [0.15, 0.2) is 71.6 Å². The minimum absolute atomic E-state index is 0.0638. The molecule has 1 aliphatic rings. The molecule has 1 amide bonds. The van der Waals surface area contributed by atoms with E-state index in [0.717, 1.165) is 0 Å². The molecule has 1 saturated heterocycles. The summed E-state index contributed by atoms with van der Waals surface area (Å²) in [5, 5.41) is 0.302. The molecule has 1 N–H and O–H groups in total. The van der Waals surface area contributed by atoms with Gasteiger partial charge >= 0.3 is 0 Å². The molecule has 1 fully saturated rings. The van der Waals surface area contributed by atoms with E-state index >= 15 is 0 Å². The van der Waals surface area contributed by atoms with Crippen molar-refractivity contribution < 1.29 is 22.7 Å². The minimum Gasteiger partial charge on any atom is -0.495 e. The smallest absolute Gasteiger partial charge is 0.261 e. The Morgan fingerprint density at radius 3 is 2.48 bits per heavy atom. The Kier molecular flexibility index (Phi) is 6.40. The van der Waals surface area contributed by atoms with Crippen LogP contribution in [0.2, 0.25) is 5.02 Å². The van der Waals surface area contributed by atoms with Gasteiger partial charge in [0.2, 0.25) is 5.91 Å². The van der Waals surface area contributed by atoms with Crippen molar-refractivity contribution in [2.75, 3.05) is 23.3 Å². The molecular weight excluding hydrogens is 464 g/mol. The zero-order valence-electron chi connectivity index (χ0n) is 17.7. The van der Waals surface area contributed by atoms with Crippen LogP contribution in [0.5, 0.6) is 5.75 Å². The van der Waals surface area contributed by atoms with E-state index in [9.17, 15) is 18.0 Å². The highest BCUT2D eigenvalue weighted by molar-refractivity contribution is 7.92. The summed E-state index contributed by atoms with van der Waals surface area (Å²) in [5.74, 6) is -0.0613. The first kappa shape index (κ1) is 22.8. The number of sulfonamides is 1. The summed E-state index contributed by atoms with van der Waals surface area (Å²) in [6, 6.07) is 17.2. The maximum atomic E-state index is 13.2. The molecular formula is C24H21ClN2O5S. The first-order valence-electron chi connectivity index (χ1n) is 10.2. The fourth-order valence-electron chi connectivity index (χ4n) is 3.69. The second-order valence-electron chi connectivity index (χ2n) is 7.47. The van der Waals surface area contributed by atoms with Crippen molar-refractivity contribution >= 4 is 44.7 Å². The lowest BCUT2D eigenvalue weighted by molar-refractivity contribution is -0.117. The van der Waals surface area contributed by atoms with Gasteiger partial charge in [-0.3, -0.25) is 14.3 Å². The predicted molar refractivity (Wildman–Crippen MR) is 127 cm³/mol. The second kappa shape index (κ2) is 9.25. The van der Waals surface area contributed by atoms with Gasteiger partial charge in [-0.2, -0.15) is 0 Å². The van der Waals surface area contributed by atoms with Crippen molar-refractivity contribution in [1.29, 1.82) is 0 Å². The fraction of sp³-hybridized carbons (Fsp3) is 0.167. The molecule has 170 valence electrons. The Morgan fingerprint density at radius 1 is 1.06 bits per heavy atom. The van der Waals surface area contributed by atoms with Crippen LogP contribution in [0.1, 0.15) is 28.8 Å². The summed E-state index contributed by atoms with van der Waals surface area (Å²) in [6.45, 7) is 0.485. The third-order valence-electron chi connectivity index (χ3n) is 5.33. The molecule has 0 aliphatic carbocycles. The topological polar surface area (TPSA) is 92.8 Å². The molecule has 9 heteroatoms. The van der Waals surface area contributed by atoms with Crippen LogP contribution < -0.4 is 14.4 Å². The van der Waals surface area contributed by atoms with E-state index in [1.807, 2.05) is 0 Å². The van der Waals surface area contributed by atoms with Crippen LogP contribution in [0.25, 0.3) is 0 Å². The highest BCUT2D eigenvalue weighted by Gasteiger charge is 2.27. The number of carbonyl (C=O) groups is 2. The molecule has 33 heavy (non-hydrogen) atoms. The van der Waals surface area contributed by atoms with Crippen molar-refractivity contribution in [3.05, 3.63) is 82.9 Å². The maximum Gasteiger partial charge on any atom is 0.261 e. The average Bonchev–Trinajstić information content (AvgIpc) is 3.25. The molecule has 1 heterocycles. The number of nitrogens with zero attached hydrogens (tertiary/aromatic N) is 1. The summed E-state index contributed by atoms with van der Waals surface area (Å²) in [5.41, 5.74) is 1.02. The van der Waals surface area contributed by atoms with Crippen LogP contribution >= 0.6 is 11.6 Å². The Balaban J connectivity index is 1.72. The summed E-state index contributed by atoms with van der Waals surface area (Å²) < 4.78 is 34.3. The lowest BCUT2D eigenvalue weighted by atomic mass is 10.0. The van der Waals surface area contributed by atoms with Crippen molar-refractivity contribution in [3.63, 3.8) is 0 Å². The van der Waals surface area contributed by atoms with Gasteiger partial charge in [-0.15, -0.1) is 0 Å². The van der Waals surface area contributed by atoms with Gasteiger partial charge in [0, 0.05) is 29.1 Å². The molecule has 0 aromatic heterocycles. The zero-order chi connectivity index (χ0) is 23.6. The van der Waals surface area contributed by atoms with E-state index in [1.54, 1.807) is 30.3 Å². The van der Waals surface area contributed by atoms with E-state index in [0.29, 0.717) is 41.4 Å². The Hall–Kier alpha value is -3.36. The lowest BCUT2D eigenvalue weighted by Gasteiger charge is -2.20. The number of hydrogen-bond donors (Lipinski definition) is 1. The standard InChI is InChI=1S/C24H21ClN2O5S/c1-32-22-12-10-18(15-21(22)27-13-5-8-23(27)28)33(30,31)26-20-11-9-17(25)14-19(20)24(29)16-6-3-2-4-7-16/h2-4,6-7,9-12,14-15,26H,5,8,13H2,1H3. The number of methoxy groups -OCH3 is 1. The molecule has 0 bridgehead atoms. The molecule has 3 aromatic carbocycles. The SMILES string of the molecule is COc1ccc(S(=O)(=O)Nc2ccc(Cl)cc2C(=O)c2ccccc2)cc1N1CCCC1=O. The largest absolute Gasteiger partial charge is 0.495 e. The highest BCUT2D eigenvalue weighted by Crippen LogP contribution is 2.34. The molecule has 0 unspecified atom stereocenters. The zero-order valence-corrected chi connectivity index (χ0v) is 19.3. The predicted octanol–water partition coefficient (Wildman–Crippen LogP) is 4.51. The Labute approximate surface area is 197 Å². The third-order valence-corrected chi connectivity index (χ3v) is 6.93. The fourth-order valence-corrected chi connectivity index (χ4v) is 4.96. The van der Waals surface area contributed by atoms with Crippen LogP contribution in [-0.4, -0.2) is 33.8 Å². The summed E-state index contributed by atoms with van der Waals surface area (Å²) >= 11 is 6.10. The number of amides is 1. The van der Waals surface area contributed by atoms with E-state index in [-0.39, 0.29) is 27.8 Å². The van der Waals surface area contributed by atoms with Gasteiger partial charge in [0.15, 0.2) is 5.78 Å². The number of ketones is 1. The number of nitrogens with one attached hydrogen (secondary N) is 1. The second-order valence-corrected chi connectivity index (χ2v) is 9.59. The monoisotopic (exact) mass is 484 g/mol. The molecule has 1 aliphatic heterocycles. The van der Waals surface area contributed by atoms with Crippen LogP contribution in [0.4, 0.5) is 11.4 Å². The number of ether oxygens (including phenoxy) is 1. The summed E-state index contributed by atoms with van der Waals surface area (Å²) in [6.07, 6.45) is 1.08. The number of benzene rings is 3. The van der Waals surface area contributed by atoms with Gasteiger partial charge in [-0.1, -0.05) is 41.9 Å². The maximum absolute atomic E-state index is 13.2. The number of halogens is 1. The lowest BCUT2D eigenvalue weighted by Crippen LogP contribution is -2.25. The quantitative estimate of drug-likeness (QED) is 0.498. The number of anilines is 2. The van der Waals surface area contributed by atoms with E-state index in [1.165, 1.54) is 48.4 Å². The van der Waals surface area contributed by atoms with E-state index in [4.69, 9.17) is 16.3 Å². The molecule has 4 rings (SSSR count). The van der Waals surface area contributed by atoms with E-state index in [2.05, 4.69) is 4.72 Å². The summed E-state index contributed by atoms with van der Waals surface area (Å²) in [4.78, 5) is 26.7. The average molecular weight is 485 g/mol. The van der Waals surface area contributed by atoms with Crippen LogP contribution in [0, 0.1) is 0 Å². The van der Waals surface area contributed by atoms with Crippen molar-refractivity contribution in [1.82, 2.24) is 0 Å². The number of hydrogen-bond acceptors (Lipinski definition) is 5. The normalized spacial score (nSPS) is 13.8. The van der Waals surface area contributed by atoms with Crippen LogP contribution in [-0.2, 0) is 14.8 Å². The van der Waals surface area contributed by atoms with Crippen molar-refractivity contribution in [3.8, 4) is 5.75 Å². The molecule has 3 aromatic rings. The van der Waals surface area contributed by atoms with Gasteiger partial charge in [0.25, 0.3) is 10.0 Å². The van der Waals surface area contributed by atoms with Crippen molar-refractivity contribution in [2.45, 2.75) is 17.7 Å². The van der Waals surface area contributed by atoms with Gasteiger partial charge < -0.3 is 9.64 Å². The first-order valence-corrected chi connectivity index (χ1v) is 12.1. The molecule has 0 spiro atoms. The number of rotatable bonds is 7. The molecule has 0 saturated carbocycles. The van der Waals surface area contributed by atoms with Gasteiger partial charge in [0.1, 0.15) is 5.75 Å². The highest BCUT2D eigenvalue weighted by atomic mass is 35.5. The Morgan fingerprint density at radius 2 is 1.82 bits per heavy atom. The third kappa shape index (κ3) is 4.72. The Bertz CT molecular complexity index is 1330. The summed E-state index contributed by atoms with van der Waals surface area (Å²) in [7, 11) is -2.64. The van der Waals surface area contributed by atoms with Crippen LogP contribution in [0.3, 0.4) is 0 Å². The van der Waals surface area contributed by atoms with Gasteiger partial charge in [-0.05, 0) is 42.8 Å². The van der Waals surface area contributed by atoms with Gasteiger partial charge in [-0.25, -0.2) is 8.42 Å². The minimum atomic E-state index is -4.10. The van der Waals surface area contributed by atoms with Gasteiger partial charge in [0.05, 0.1) is 23.4 Å². The van der Waals surface area contributed by atoms with Crippen molar-refractivity contribution in [2.24, 2.45) is 0 Å². The van der Waals surface area contributed by atoms with E-state index < -0.39 is 10.0 Å². The molecule has 0 atom stereocenters. The number of carbonyl (C=O) groups excluding carboxylic acids is 2. The molecule has 0 radical (unpaired) electrons. The first-order chi connectivity index (χ1) is 15.8.